The van der Waals surface area contributed by atoms with Gasteiger partial charge in [0.1, 0.15) is 5.75 Å². The van der Waals surface area contributed by atoms with Gasteiger partial charge in [-0.25, -0.2) is 4.98 Å². The topological polar surface area (TPSA) is 80.3 Å². The fraction of sp³-hybridized carbons (Fsp3) is 0.148. The average Bonchev–Trinajstić information content (AvgIpc) is 3.51. The van der Waals surface area contributed by atoms with Crippen LogP contribution < -0.4 is 15.4 Å². The number of hydrogen-bond acceptors (Lipinski definition) is 5. The molecule has 1 heterocycles. The number of amides is 2. The molecule has 176 valence electrons. The lowest BCUT2D eigenvalue weighted by Gasteiger charge is -2.10. The first kappa shape index (κ1) is 23.1. The van der Waals surface area contributed by atoms with Crippen LogP contribution in [0.25, 0.3) is 11.3 Å². The predicted molar refractivity (Wildman–Crippen MR) is 140 cm³/mol. The first-order valence-electron chi connectivity index (χ1n) is 11.1. The SMILES string of the molecule is COc1ccc(NC(=O)c2cccc(-c3csc(NC(=O)C4CCc5ccccc54)n3)c2)cc1Cl. The smallest absolute Gasteiger partial charge is 0.255 e. The van der Waals surface area contributed by atoms with E-state index in [2.05, 4.69) is 21.7 Å². The Morgan fingerprint density at radius 1 is 1.06 bits per heavy atom. The summed E-state index contributed by atoms with van der Waals surface area (Å²) in [4.78, 5) is 30.3. The molecule has 2 amide bonds. The molecule has 2 N–H and O–H groups in total. The van der Waals surface area contributed by atoms with Crippen LogP contribution in [0.2, 0.25) is 5.02 Å². The summed E-state index contributed by atoms with van der Waals surface area (Å²) in [5.74, 6) is 0.0751. The number of thiazole rings is 1. The van der Waals surface area contributed by atoms with Gasteiger partial charge in [-0.3, -0.25) is 9.59 Å². The molecule has 1 aromatic heterocycles. The number of ether oxygens (including phenoxy) is 1. The van der Waals surface area contributed by atoms with Gasteiger partial charge in [0.15, 0.2) is 5.13 Å². The summed E-state index contributed by atoms with van der Waals surface area (Å²) in [7, 11) is 1.54. The molecule has 1 unspecified atom stereocenters. The van der Waals surface area contributed by atoms with Crippen molar-refractivity contribution in [1.29, 1.82) is 0 Å². The van der Waals surface area contributed by atoms with Gasteiger partial charge < -0.3 is 15.4 Å². The van der Waals surface area contributed by atoms with Crippen LogP contribution in [0.15, 0.2) is 72.1 Å². The van der Waals surface area contributed by atoms with E-state index in [4.69, 9.17) is 16.3 Å². The molecule has 4 aromatic rings. The molecule has 35 heavy (non-hydrogen) atoms. The Hall–Kier alpha value is -3.68. The molecule has 0 radical (unpaired) electrons. The highest BCUT2D eigenvalue weighted by molar-refractivity contribution is 7.14. The molecule has 1 atom stereocenters. The first-order chi connectivity index (χ1) is 17.0. The molecule has 0 saturated carbocycles. The number of rotatable bonds is 6. The molecule has 8 heteroatoms. The Labute approximate surface area is 211 Å². The van der Waals surface area contributed by atoms with Crippen molar-refractivity contribution >= 4 is 45.6 Å². The molecule has 1 aliphatic rings. The molecule has 0 aliphatic heterocycles. The summed E-state index contributed by atoms with van der Waals surface area (Å²) in [6, 6.07) is 20.3. The lowest BCUT2D eigenvalue weighted by Crippen LogP contribution is -2.19. The van der Waals surface area contributed by atoms with Crippen molar-refractivity contribution < 1.29 is 14.3 Å². The molecule has 1 aliphatic carbocycles. The molecule has 6 nitrogen and oxygen atoms in total. The van der Waals surface area contributed by atoms with Crippen LogP contribution in [0, 0.1) is 0 Å². The lowest BCUT2D eigenvalue weighted by molar-refractivity contribution is -0.117. The highest BCUT2D eigenvalue weighted by atomic mass is 35.5. The van der Waals surface area contributed by atoms with E-state index in [1.54, 1.807) is 36.4 Å². The van der Waals surface area contributed by atoms with E-state index < -0.39 is 0 Å². The number of benzene rings is 3. The van der Waals surface area contributed by atoms with E-state index in [-0.39, 0.29) is 17.7 Å². The van der Waals surface area contributed by atoms with Gasteiger partial charge in [0.2, 0.25) is 5.91 Å². The number of carbonyl (C=O) groups is 2. The largest absolute Gasteiger partial charge is 0.495 e. The highest BCUT2D eigenvalue weighted by Crippen LogP contribution is 2.34. The second-order valence-electron chi connectivity index (χ2n) is 8.20. The van der Waals surface area contributed by atoms with Crippen molar-refractivity contribution in [3.05, 3.63) is 93.8 Å². The minimum Gasteiger partial charge on any atom is -0.495 e. The number of halogens is 1. The van der Waals surface area contributed by atoms with Gasteiger partial charge in [0.25, 0.3) is 5.91 Å². The standard InChI is InChI=1S/C27H22ClN3O3S/c1-34-24-12-10-19(14-22(24)28)29-25(32)18-7-4-6-17(13-18)23-15-35-27(30-23)31-26(33)21-11-9-16-5-2-3-8-20(16)21/h2-8,10,12-15,21H,9,11H2,1H3,(H,29,32)(H,30,31,33). The fourth-order valence-corrected chi connectivity index (χ4v) is 5.23. The Morgan fingerprint density at radius 2 is 1.91 bits per heavy atom. The minimum absolute atomic E-state index is 0.0397. The van der Waals surface area contributed by atoms with Crippen LogP contribution in [-0.4, -0.2) is 23.9 Å². The maximum atomic E-state index is 12.9. The van der Waals surface area contributed by atoms with Crippen LogP contribution in [0.5, 0.6) is 5.75 Å². The Kier molecular flexibility index (Phi) is 6.53. The molecular weight excluding hydrogens is 482 g/mol. The van der Waals surface area contributed by atoms with Crippen LogP contribution in [-0.2, 0) is 11.2 Å². The number of carbonyl (C=O) groups excluding carboxylic acids is 2. The number of aryl methyl sites for hydroxylation is 1. The van der Waals surface area contributed by atoms with Crippen molar-refractivity contribution in [3.8, 4) is 17.0 Å². The molecule has 3 aromatic carbocycles. The molecule has 0 saturated heterocycles. The third kappa shape index (κ3) is 4.92. The highest BCUT2D eigenvalue weighted by Gasteiger charge is 2.28. The maximum absolute atomic E-state index is 12.9. The summed E-state index contributed by atoms with van der Waals surface area (Å²) < 4.78 is 5.15. The van der Waals surface area contributed by atoms with Crippen molar-refractivity contribution in [2.75, 3.05) is 17.7 Å². The zero-order valence-corrected chi connectivity index (χ0v) is 20.5. The summed E-state index contributed by atoms with van der Waals surface area (Å²) in [6.07, 6.45) is 1.72. The average molecular weight is 504 g/mol. The minimum atomic E-state index is -0.267. The van der Waals surface area contributed by atoms with Gasteiger partial charge >= 0.3 is 0 Å². The Bertz CT molecular complexity index is 1420. The van der Waals surface area contributed by atoms with Crippen LogP contribution in [0.3, 0.4) is 0 Å². The quantitative estimate of drug-likeness (QED) is 0.319. The van der Waals surface area contributed by atoms with Gasteiger partial charge in [-0.1, -0.05) is 48.0 Å². The normalized spacial score (nSPS) is 14.3. The van der Waals surface area contributed by atoms with E-state index in [0.717, 1.165) is 24.0 Å². The Morgan fingerprint density at radius 3 is 2.74 bits per heavy atom. The Balaban J connectivity index is 1.28. The maximum Gasteiger partial charge on any atom is 0.255 e. The second-order valence-corrected chi connectivity index (χ2v) is 9.47. The molecule has 0 fully saturated rings. The first-order valence-corrected chi connectivity index (χ1v) is 12.4. The number of nitrogens with one attached hydrogen (secondary N) is 2. The number of nitrogens with zero attached hydrogens (tertiary/aromatic N) is 1. The third-order valence-electron chi connectivity index (χ3n) is 6.01. The van der Waals surface area contributed by atoms with Crippen molar-refractivity contribution in [1.82, 2.24) is 4.98 Å². The van der Waals surface area contributed by atoms with E-state index in [1.807, 2.05) is 29.6 Å². The number of hydrogen-bond donors (Lipinski definition) is 2. The summed E-state index contributed by atoms with van der Waals surface area (Å²) in [5, 5.41) is 8.64. The summed E-state index contributed by atoms with van der Waals surface area (Å²) in [5.41, 5.74) is 4.86. The van der Waals surface area contributed by atoms with Gasteiger partial charge in [-0.05, 0) is 54.3 Å². The van der Waals surface area contributed by atoms with Crippen molar-refractivity contribution in [2.45, 2.75) is 18.8 Å². The zero-order chi connectivity index (χ0) is 24.4. The van der Waals surface area contributed by atoms with E-state index in [0.29, 0.717) is 32.8 Å². The molecule has 5 rings (SSSR count). The molecule has 0 bridgehead atoms. The number of anilines is 2. The summed E-state index contributed by atoms with van der Waals surface area (Å²) in [6.45, 7) is 0. The lowest BCUT2D eigenvalue weighted by atomic mass is 10.0. The van der Waals surface area contributed by atoms with Gasteiger partial charge in [0.05, 0.1) is 23.7 Å². The monoisotopic (exact) mass is 503 g/mol. The van der Waals surface area contributed by atoms with Crippen molar-refractivity contribution in [3.63, 3.8) is 0 Å². The number of methoxy groups -OCH3 is 1. The second kappa shape index (κ2) is 9.90. The molecular formula is C27H22ClN3O3S. The van der Waals surface area contributed by atoms with Crippen LogP contribution in [0.4, 0.5) is 10.8 Å². The van der Waals surface area contributed by atoms with Gasteiger partial charge in [-0.15, -0.1) is 11.3 Å². The van der Waals surface area contributed by atoms with Crippen molar-refractivity contribution in [2.24, 2.45) is 0 Å². The van der Waals surface area contributed by atoms with E-state index in [1.165, 1.54) is 24.0 Å². The summed E-state index contributed by atoms with van der Waals surface area (Å²) >= 11 is 7.52. The van der Waals surface area contributed by atoms with E-state index >= 15 is 0 Å². The third-order valence-corrected chi connectivity index (χ3v) is 7.07. The predicted octanol–water partition coefficient (Wildman–Crippen LogP) is 6.39. The fourth-order valence-electron chi connectivity index (χ4n) is 4.25. The van der Waals surface area contributed by atoms with Gasteiger partial charge in [-0.2, -0.15) is 0 Å². The van der Waals surface area contributed by atoms with Crippen LogP contribution in [0.1, 0.15) is 33.8 Å². The van der Waals surface area contributed by atoms with Gasteiger partial charge in [0, 0.05) is 22.2 Å². The van der Waals surface area contributed by atoms with E-state index in [9.17, 15) is 9.59 Å². The number of aromatic nitrogens is 1. The zero-order valence-electron chi connectivity index (χ0n) is 18.9. The van der Waals surface area contributed by atoms with Crippen LogP contribution >= 0.6 is 22.9 Å². The number of fused-ring (bicyclic) bond motifs is 1. The molecule has 0 spiro atoms.